The SMILES string of the molecule is CCC(C)CC(NC)c1ccccc1C. The van der Waals surface area contributed by atoms with Gasteiger partial charge in [-0.15, -0.1) is 0 Å². The Morgan fingerprint density at radius 1 is 1.27 bits per heavy atom. The van der Waals surface area contributed by atoms with Crippen LogP contribution in [0.1, 0.15) is 43.9 Å². The highest BCUT2D eigenvalue weighted by atomic mass is 14.9. The lowest BCUT2D eigenvalue weighted by molar-refractivity contribution is 0.421. The van der Waals surface area contributed by atoms with Crippen molar-refractivity contribution in [3.63, 3.8) is 0 Å². The molecule has 1 heteroatoms. The molecule has 0 aliphatic carbocycles. The van der Waals surface area contributed by atoms with E-state index >= 15 is 0 Å². The largest absolute Gasteiger partial charge is 0.313 e. The maximum atomic E-state index is 3.42. The molecule has 0 saturated heterocycles. The number of nitrogens with one attached hydrogen (secondary N) is 1. The quantitative estimate of drug-likeness (QED) is 0.773. The van der Waals surface area contributed by atoms with E-state index in [0.29, 0.717) is 6.04 Å². The highest BCUT2D eigenvalue weighted by Crippen LogP contribution is 2.24. The molecule has 1 nitrogen and oxygen atoms in total. The molecular formula is C14H23N. The molecule has 2 unspecified atom stereocenters. The number of hydrogen-bond acceptors (Lipinski definition) is 1. The van der Waals surface area contributed by atoms with Crippen LogP contribution in [0, 0.1) is 12.8 Å². The third kappa shape index (κ3) is 3.35. The average molecular weight is 205 g/mol. The molecule has 1 N–H and O–H groups in total. The van der Waals surface area contributed by atoms with Crippen LogP contribution in [0.25, 0.3) is 0 Å². The summed E-state index contributed by atoms with van der Waals surface area (Å²) in [5, 5.41) is 3.42. The van der Waals surface area contributed by atoms with E-state index in [9.17, 15) is 0 Å². The Bertz CT molecular complexity index is 293. The van der Waals surface area contributed by atoms with Crippen molar-refractivity contribution >= 4 is 0 Å². The van der Waals surface area contributed by atoms with E-state index in [1.807, 2.05) is 0 Å². The topological polar surface area (TPSA) is 12.0 Å². The predicted octanol–water partition coefficient (Wildman–Crippen LogP) is 3.69. The Balaban J connectivity index is 2.78. The van der Waals surface area contributed by atoms with Crippen molar-refractivity contribution in [2.45, 2.75) is 39.7 Å². The zero-order chi connectivity index (χ0) is 11.3. The van der Waals surface area contributed by atoms with E-state index in [4.69, 9.17) is 0 Å². The van der Waals surface area contributed by atoms with Gasteiger partial charge in [0.2, 0.25) is 0 Å². The van der Waals surface area contributed by atoms with Crippen LogP contribution in [0.3, 0.4) is 0 Å². The van der Waals surface area contributed by atoms with Gasteiger partial charge >= 0.3 is 0 Å². The van der Waals surface area contributed by atoms with Gasteiger partial charge < -0.3 is 5.32 Å². The minimum atomic E-state index is 0.501. The van der Waals surface area contributed by atoms with Gasteiger partial charge in [-0.1, -0.05) is 44.5 Å². The molecule has 0 spiro atoms. The van der Waals surface area contributed by atoms with Gasteiger partial charge in [0.25, 0.3) is 0 Å². The highest BCUT2D eigenvalue weighted by Gasteiger charge is 2.13. The Labute approximate surface area is 93.9 Å². The minimum absolute atomic E-state index is 0.501. The fourth-order valence-electron chi connectivity index (χ4n) is 1.95. The highest BCUT2D eigenvalue weighted by molar-refractivity contribution is 5.28. The van der Waals surface area contributed by atoms with Crippen LogP contribution in [0.4, 0.5) is 0 Å². The van der Waals surface area contributed by atoms with Gasteiger partial charge in [0.05, 0.1) is 0 Å². The summed E-state index contributed by atoms with van der Waals surface area (Å²) >= 11 is 0. The number of hydrogen-bond donors (Lipinski definition) is 1. The molecule has 15 heavy (non-hydrogen) atoms. The second-order valence-corrected chi connectivity index (χ2v) is 4.45. The van der Waals surface area contributed by atoms with Crippen molar-refractivity contribution < 1.29 is 0 Å². The summed E-state index contributed by atoms with van der Waals surface area (Å²) in [6.45, 7) is 6.77. The Morgan fingerprint density at radius 3 is 2.47 bits per heavy atom. The number of benzene rings is 1. The lowest BCUT2D eigenvalue weighted by Gasteiger charge is -2.21. The molecule has 0 aliphatic heterocycles. The van der Waals surface area contributed by atoms with Crippen molar-refractivity contribution in [1.29, 1.82) is 0 Å². The van der Waals surface area contributed by atoms with Crippen molar-refractivity contribution in [1.82, 2.24) is 5.32 Å². The van der Waals surface area contributed by atoms with E-state index in [2.05, 4.69) is 57.4 Å². The fraction of sp³-hybridized carbons (Fsp3) is 0.571. The molecular weight excluding hydrogens is 182 g/mol. The summed E-state index contributed by atoms with van der Waals surface area (Å²) in [4.78, 5) is 0. The van der Waals surface area contributed by atoms with E-state index in [-0.39, 0.29) is 0 Å². The normalized spacial score (nSPS) is 14.9. The van der Waals surface area contributed by atoms with Gasteiger partial charge in [0.15, 0.2) is 0 Å². The summed E-state index contributed by atoms with van der Waals surface area (Å²) in [7, 11) is 2.06. The van der Waals surface area contributed by atoms with Crippen LogP contribution >= 0.6 is 0 Å². The molecule has 0 aliphatic rings. The summed E-state index contributed by atoms with van der Waals surface area (Å²) in [5.41, 5.74) is 2.83. The zero-order valence-electron chi connectivity index (χ0n) is 10.4. The van der Waals surface area contributed by atoms with Crippen LogP contribution in [0.5, 0.6) is 0 Å². The lowest BCUT2D eigenvalue weighted by atomic mass is 9.92. The maximum Gasteiger partial charge on any atom is 0.0322 e. The first-order chi connectivity index (χ1) is 7.19. The Hall–Kier alpha value is -0.820. The molecule has 1 rings (SSSR count). The van der Waals surface area contributed by atoms with Gasteiger partial charge in [-0.25, -0.2) is 0 Å². The summed E-state index contributed by atoms with van der Waals surface area (Å²) < 4.78 is 0. The molecule has 2 atom stereocenters. The molecule has 0 radical (unpaired) electrons. The number of aryl methyl sites for hydroxylation is 1. The molecule has 0 bridgehead atoms. The summed E-state index contributed by atoms with van der Waals surface area (Å²) in [5.74, 6) is 0.780. The van der Waals surface area contributed by atoms with E-state index < -0.39 is 0 Å². The average Bonchev–Trinajstić information content (AvgIpc) is 2.26. The van der Waals surface area contributed by atoms with Crippen molar-refractivity contribution in [3.05, 3.63) is 35.4 Å². The molecule has 0 saturated carbocycles. The maximum absolute atomic E-state index is 3.42. The zero-order valence-corrected chi connectivity index (χ0v) is 10.4. The molecule has 1 aromatic rings. The second kappa shape index (κ2) is 5.92. The predicted molar refractivity (Wildman–Crippen MR) is 67.1 cm³/mol. The van der Waals surface area contributed by atoms with Crippen LogP contribution in [0.2, 0.25) is 0 Å². The smallest absolute Gasteiger partial charge is 0.0322 e. The Morgan fingerprint density at radius 2 is 1.93 bits per heavy atom. The first kappa shape index (κ1) is 12.3. The van der Waals surface area contributed by atoms with Crippen molar-refractivity contribution in [2.75, 3.05) is 7.05 Å². The molecule has 1 aromatic carbocycles. The molecule has 0 aromatic heterocycles. The van der Waals surface area contributed by atoms with Gasteiger partial charge in [-0.2, -0.15) is 0 Å². The third-order valence-corrected chi connectivity index (χ3v) is 3.25. The molecule has 0 fully saturated rings. The third-order valence-electron chi connectivity index (χ3n) is 3.25. The molecule has 0 heterocycles. The van der Waals surface area contributed by atoms with Gasteiger partial charge in [0.1, 0.15) is 0 Å². The van der Waals surface area contributed by atoms with Crippen LogP contribution in [-0.4, -0.2) is 7.05 Å². The number of rotatable bonds is 5. The standard InChI is InChI=1S/C14H23N/c1-5-11(2)10-14(15-4)13-9-7-6-8-12(13)3/h6-9,11,14-15H,5,10H2,1-4H3. The lowest BCUT2D eigenvalue weighted by Crippen LogP contribution is -2.19. The monoisotopic (exact) mass is 205 g/mol. The summed E-state index contributed by atoms with van der Waals surface area (Å²) in [6.07, 6.45) is 2.47. The van der Waals surface area contributed by atoms with Crippen LogP contribution in [-0.2, 0) is 0 Å². The van der Waals surface area contributed by atoms with Gasteiger partial charge in [-0.3, -0.25) is 0 Å². The fourth-order valence-corrected chi connectivity index (χ4v) is 1.95. The molecule has 84 valence electrons. The van der Waals surface area contributed by atoms with Crippen molar-refractivity contribution in [3.8, 4) is 0 Å². The first-order valence-corrected chi connectivity index (χ1v) is 5.91. The van der Waals surface area contributed by atoms with Crippen LogP contribution < -0.4 is 5.32 Å². The summed E-state index contributed by atoms with van der Waals surface area (Å²) in [6, 6.07) is 9.16. The van der Waals surface area contributed by atoms with Gasteiger partial charge in [-0.05, 0) is 37.4 Å². The second-order valence-electron chi connectivity index (χ2n) is 4.45. The van der Waals surface area contributed by atoms with E-state index in [1.54, 1.807) is 0 Å². The van der Waals surface area contributed by atoms with Crippen molar-refractivity contribution in [2.24, 2.45) is 5.92 Å². The van der Waals surface area contributed by atoms with E-state index in [0.717, 1.165) is 5.92 Å². The first-order valence-electron chi connectivity index (χ1n) is 5.91. The molecule has 0 amide bonds. The van der Waals surface area contributed by atoms with E-state index in [1.165, 1.54) is 24.0 Å². The Kier molecular flexibility index (Phi) is 4.83. The van der Waals surface area contributed by atoms with Gasteiger partial charge in [0, 0.05) is 6.04 Å². The minimum Gasteiger partial charge on any atom is -0.313 e. The van der Waals surface area contributed by atoms with Crippen LogP contribution in [0.15, 0.2) is 24.3 Å².